The van der Waals surface area contributed by atoms with Crippen LogP contribution < -0.4 is 0 Å². The summed E-state index contributed by atoms with van der Waals surface area (Å²) in [5, 5.41) is 9.19. The maximum absolute atomic E-state index is 11.2. The summed E-state index contributed by atoms with van der Waals surface area (Å²) in [6.45, 7) is 3.97. The first kappa shape index (κ1) is 13.0. The number of hydrogen-bond donors (Lipinski definition) is 1. The number of aliphatic carboxylic acids is 1. The highest BCUT2D eigenvalue weighted by Gasteiger charge is 2.37. The van der Waals surface area contributed by atoms with Crippen LogP contribution in [0, 0.1) is 5.92 Å². The third-order valence-electron chi connectivity index (χ3n) is 4.46. The molecule has 3 unspecified atom stereocenters. The summed E-state index contributed by atoms with van der Waals surface area (Å²) >= 11 is 1.92. The lowest BCUT2D eigenvalue weighted by molar-refractivity contribution is -0.142. The van der Waals surface area contributed by atoms with Gasteiger partial charge in [0.25, 0.3) is 0 Å². The zero-order valence-corrected chi connectivity index (χ0v) is 11.9. The molecule has 1 aromatic rings. The van der Waals surface area contributed by atoms with E-state index in [2.05, 4.69) is 36.1 Å². The van der Waals surface area contributed by atoms with E-state index in [0.29, 0.717) is 5.92 Å². The van der Waals surface area contributed by atoms with Crippen LogP contribution in [0.4, 0.5) is 0 Å². The molecule has 1 aromatic carbocycles. The van der Waals surface area contributed by atoms with Crippen LogP contribution >= 0.6 is 11.8 Å². The van der Waals surface area contributed by atoms with Crippen molar-refractivity contribution in [3.63, 3.8) is 0 Å². The third kappa shape index (κ3) is 2.39. The number of fused-ring (bicyclic) bond motifs is 1. The summed E-state index contributed by atoms with van der Waals surface area (Å²) in [7, 11) is 0. The lowest BCUT2D eigenvalue weighted by atomic mass is 9.99. The SMILES string of the molecule is CC1C(C(=O)O)CCN1CC1CSc2ccccc21. The van der Waals surface area contributed by atoms with Gasteiger partial charge in [0.1, 0.15) is 0 Å². The molecule has 0 radical (unpaired) electrons. The molecule has 1 N–H and O–H groups in total. The summed E-state index contributed by atoms with van der Waals surface area (Å²) in [4.78, 5) is 14.9. The molecule has 0 bridgehead atoms. The molecule has 0 saturated carbocycles. The number of thioether (sulfide) groups is 1. The predicted octanol–water partition coefficient (Wildman–Crippen LogP) is 2.67. The van der Waals surface area contributed by atoms with Gasteiger partial charge in [-0.1, -0.05) is 18.2 Å². The van der Waals surface area contributed by atoms with Gasteiger partial charge in [-0.15, -0.1) is 11.8 Å². The number of carboxylic acid groups (broad SMARTS) is 1. The van der Waals surface area contributed by atoms with Crippen molar-refractivity contribution in [2.24, 2.45) is 5.92 Å². The minimum absolute atomic E-state index is 0.162. The van der Waals surface area contributed by atoms with Crippen molar-refractivity contribution in [2.45, 2.75) is 30.2 Å². The van der Waals surface area contributed by atoms with Gasteiger partial charge in [0.15, 0.2) is 0 Å². The summed E-state index contributed by atoms with van der Waals surface area (Å²) in [5.41, 5.74) is 1.44. The number of carbonyl (C=O) groups is 1. The van der Waals surface area contributed by atoms with E-state index in [9.17, 15) is 9.90 Å². The van der Waals surface area contributed by atoms with Crippen LogP contribution in [-0.4, -0.2) is 40.9 Å². The van der Waals surface area contributed by atoms with E-state index in [-0.39, 0.29) is 12.0 Å². The molecule has 0 amide bonds. The van der Waals surface area contributed by atoms with E-state index in [0.717, 1.165) is 25.3 Å². The lowest BCUT2D eigenvalue weighted by Crippen LogP contribution is -2.35. The fourth-order valence-electron chi connectivity index (χ4n) is 3.26. The molecule has 1 saturated heterocycles. The number of rotatable bonds is 3. The summed E-state index contributed by atoms with van der Waals surface area (Å²) in [5.74, 6) is 0.844. The summed E-state index contributed by atoms with van der Waals surface area (Å²) in [6, 6.07) is 8.76. The van der Waals surface area contributed by atoms with Gasteiger partial charge < -0.3 is 5.11 Å². The van der Waals surface area contributed by atoms with Crippen LogP contribution in [0.3, 0.4) is 0 Å². The van der Waals surface area contributed by atoms with Crippen molar-refractivity contribution in [3.8, 4) is 0 Å². The second-order valence-electron chi connectivity index (χ2n) is 5.51. The minimum atomic E-state index is -0.642. The first-order chi connectivity index (χ1) is 9.16. The van der Waals surface area contributed by atoms with E-state index in [1.54, 1.807) is 0 Å². The van der Waals surface area contributed by atoms with Crippen LogP contribution in [0.15, 0.2) is 29.2 Å². The summed E-state index contributed by atoms with van der Waals surface area (Å²) in [6.07, 6.45) is 0.790. The monoisotopic (exact) mass is 277 g/mol. The molecule has 0 aromatic heterocycles. The van der Waals surface area contributed by atoms with Crippen molar-refractivity contribution in [2.75, 3.05) is 18.8 Å². The Labute approximate surface area is 118 Å². The second kappa shape index (κ2) is 5.17. The van der Waals surface area contributed by atoms with E-state index in [4.69, 9.17) is 0 Å². The van der Waals surface area contributed by atoms with Crippen LogP contribution in [0.1, 0.15) is 24.8 Å². The standard InChI is InChI=1S/C15H19NO2S/c1-10-12(15(17)18)6-7-16(10)8-11-9-19-14-5-3-2-4-13(11)14/h2-5,10-12H,6-9H2,1H3,(H,17,18). The van der Waals surface area contributed by atoms with Gasteiger partial charge in [-0.3, -0.25) is 9.69 Å². The fourth-order valence-corrected chi connectivity index (χ4v) is 4.50. The molecular weight excluding hydrogens is 258 g/mol. The molecule has 2 aliphatic heterocycles. The Morgan fingerprint density at radius 1 is 1.47 bits per heavy atom. The minimum Gasteiger partial charge on any atom is -0.481 e. The van der Waals surface area contributed by atoms with E-state index in [1.165, 1.54) is 10.5 Å². The molecule has 3 rings (SSSR count). The van der Waals surface area contributed by atoms with Gasteiger partial charge in [-0.25, -0.2) is 0 Å². The molecule has 4 heteroatoms. The zero-order chi connectivity index (χ0) is 13.4. The fraction of sp³-hybridized carbons (Fsp3) is 0.533. The molecule has 0 spiro atoms. The highest BCUT2D eigenvalue weighted by atomic mass is 32.2. The number of hydrogen-bond acceptors (Lipinski definition) is 3. The van der Waals surface area contributed by atoms with Crippen molar-refractivity contribution in [3.05, 3.63) is 29.8 Å². The molecule has 3 atom stereocenters. The number of carboxylic acids is 1. The second-order valence-corrected chi connectivity index (χ2v) is 6.58. The van der Waals surface area contributed by atoms with E-state index in [1.807, 2.05) is 11.8 Å². The molecule has 102 valence electrons. The Bertz CT molecular complexity index is 491. The van der Waals surface area contributed by atoms with Crippen molar-refractivity contribution in [1.82, 2.24) is 4.90 Å². The molecule has 2 heterocycles. The molecule has 2 aliphatic rings. The van der Waals surface area contributed by atoms with E-state index >= 15 is 0 Å². The number of likely N-dealkylation sites (tertiary alicyclic amines) is 1. The molecular formula is C15H19NO2S. The van der Waals surface area contributed by atoms with Crippen LogP contribution in [-0.2, 0) is 4.79 Å². The van der Waals surface area contributed by atoms with Gasteiger partial charge in [0, 0.05) is 29.2 Å². The molecule has 1 fully saturated rings. The maximum Gasteiger partial charge on any atom is 0.308 e. The first-order valence-electron chi connectivity index (χ1n) is 6.85. The Kier molecular flexibility index (Phi) is 3.54. The predicted molar refractivity (Wildman–Crippen MR) is 76.7 cm³/mol. The zero-order valence-electron chi connectivity index (χ0n) is 11.1. The first-order valence-corrected chi connectivity index (χ1v) is 7.84. The van der Waals surface area contributed by atoms with Crippen molar-refractivity contribution >= 4 is 17.7 Å². The Balaban J connectivity index is 1.69. The lowest BCUT2D eigenvalue weighted by Gasteiger charge is -2.26. The highest BCUT2D eigenvalue weighted by Crippen LogP contribution is 2.40. The molecule has 3 nitrogen and oxygen atoms in total. The van der Waals surface area contributed by atoms with Gasteiger partial charge in [-0.05, 0) is 31.5 Å². The molecule has 19 heavy (non-hydrogen) atoms. The average molecular weight is 277 g/mol. The Morgan fingerprint density at radius 2 is 2.26 bits per heavy atom. The van der Waals surface area contributed by atoms with Gasteiger partial charge in [0.05, 0.1) is 5.92 Å². The quantitative estimate of drug-likeness (QED) is 0.922. The smallest absolute Gasteiger partial charge is 0.308 e. The van der Waals surface area contributed by atoms with Crippen LogP contribution in [0.2, 0.25) is 0 Å². The Morgan fingerprint density at radius 3 is 3.00 bits per heavy atom. The number of nitrogens with zero attached hydrogens (tertiary/aromatic N) is 1. The van der Waals surface area contributed by atoms with Crippen molar-refractivity contribution in [1.29, 1.82) is 0 Å². The van der Waals surface area contributed by atoms with Gasteiger partial charge in [0.2, 0.25) is 0 Å². The van der Waals surface area contributed by atoms with Crippen molar-refractivity contribution < 1.29 is 9.90 Å². The van der Waals surface area contributed by atoms with Crippen LogP contribution in [0.5, 0.6) is 0 Å². The Hall–Kier alpha value is -1.00. The van der Waals surface area contributed by atoms with Gasteiger partial charge in [-0.2, -0.15) is 0 Å². The molecule has 0 aliphatic carbocycles. The largest absolute Gasteiger partial charge is 0.481 e. The number of benzene rings is 1. The van der Waals surface area contributed by atoms with Crippen LogP contribution in [0.25, 0.3) is 0 Å². The third-order valence-corrected chi connectivity index (χ3v) is 5.71. The topological polar surface area (TPSA) is 40.5 Å². The normalized spacial score (nSPS) is 30.5. The summed E-state index contributed by atoms with van der Waals surface area (Å²) < 4.78 is 0. The van der Waals surface area contributed by atoms with Gasteiger partial charge >= 0.3 is 5.97 Å². The van der Waals surface area contributed by atoms with E-state index < -0.39 is 5.97 Å². The maximum atomic E-state index is 11.2. The highest BCUT2D eigenvalue weighted by molar-refractivity contribution is 7.99. The average Bonchev–Trinajstić information content (AvgIpc) is 2.96.